The summed E-state index contributed by atoms with van der Waals surface area (Å²) in [5.74, 6) is 1.61. The van der Waals surface area contributed by atoms with E-state index in [0.717, 1.165) is 23.5 Å². The zero-order chi connectivity index (χ0) is 12.7. The zero-order valence-corrected chi connectivity index (χ0v) is 10.7. The Bertz CT molecular complexity index is 341. The molecule has 0 aromatic heterocycles. The molecular weight excluding hydrogens is 218 g/mol. The van der Waals surface area contributed by atoms with Gasteiger partial charge in [-0.3, -0.25) is 0 Å². The molecular formula is C13H21NO3. The van der Waals surface area contributed by atoms with Crippen LogP contribution in [0.2, 0.25) is 0 Å². The molecule has 1 aromatic rings. The second-order valence-corrected chi connectivity index (χ2v) is 3.89. The van der Waals surface area contributed by atoms with Crippen molar-refractivity contribution in [3.05, 3.63) is 23.8 Å². The van der Waals surface area contributed by atoms with Gasteiger partial charge >= 0.3 is 0 Å². The Kier molecular flexibility index (Phi) is 5.80. The molecule has 0 heterocycles. The molecule has 0 saturated carbocycles. The van der Waals surface area contributed by atoms with Gasteiger partial charge in [-0.2, -0.15) is 0 Å². The summed E-state index contributed by atoms with van der Waals surface area (Å²) in [5, 5.41) is 0. The van der Waals surface area contributed by atoms with E-state index < -0.39 is 0 Å². The molecule has 0 fully saturated rings. The third-order valence-corrected chi connectivity index (χ3v) is 2.54. The van der Waals surface area contributed by atoms with Crippen LogP contribution in [0, 0.1) is 0 Å². The standard InChI is InChI=1S/C13H21NO3/c1-10(6-7-15-2)17-13-5-4-12(16-3)8-11(13)9-14/h4-5,8,10H,6-7,9,14H2,1-3H3. The number of benzene rings is 1. The predicted octanol–water partition coefficient (Wildman–Crippen LogP) is 1.96. The molecule has 17 heavy (non-hydrogen) atoms. The van der Waals surface area contributed by atoms with Gasteiger partial charge < -0.3 is 19.9 Å². The molecule has 0 aliphatic rings. The first-order valence-electron chi connectivity index (χ1n) is 5.73. The van der Waals surface area contributed by atoms with Crippen LogP contribution in [0.4, 0.5) is 0 Å². The van der Waals surface area contributed by atoms with Gasteiger partial charge in [0.25, 0.3) is 0 Å². The quantitative estimate of drug-likeness (QED) is 0.790. The summed E-state index contributed by atoms with van der Waals surface area (Å²) in [6.07, 6.45) is 0.959. The van der Waals surface area contributed by atoms with Crippen LogP contribution in [-0.2, 0) is 11.3 Å². The second kappa shape index (κ2) is 7.14. The molecule has 0 amide bonds. The molecule has 4 heteroatoms. The first-order chi connectivity index (χ1) is 8.21. The Balaban J connectivity index is 2.69. The number of rotatable bonds is 7. The maximum Gasteiger partial charge on any atom is 0.124 e. The van der Waals surface area contributed by atoms with E-state index in [1.54, 1.807) is 14.2 Å². The molecule has 2 N–H and O–H groups in total. The number of methoxy groups -OCH3 is 2. The van der Waals surface area contributed by atoms with Gasteiger partial charge in [0, 0.05) is 32.2 Å². The van der Waals surface area contributed by atoms with Crippen LogP contribution in [0.15, 0.2) is 18.2 Å². The lowest BCUT2D eigenvalue weighted by molar-refractivity contribution is 0.134. The fraction of sp³-hybridized carbons (Fsp3) is 0.538. The number of ether oxygens (including phenoxy) is 3. The lowest BCUT2D eigenvalue weighted by Gasteiger charge is -2.17. The molecule has 1 rings (SSSR count). The fourth-order valence-corrected chi connectivity index (χ4v) is 1.52. The Hall–Kier alpha value is -1.26. The van der Waals surface area contributed by atoms with Crippen molar-refractivity contribution in [2.24, 2.45) is 5.73 Å². The van der Waals surface area contributed by atoms with Crippen LogP contribution in [0.1, 0.15) is 18.9 Å². The van der Waals surface area contributed by atoms with Crippen LogP contribution < -0.4 is 15.2 Å². The highest BCUT2D eigenvalue weighted by atomic mass is 16.5. The third kappa shape index (κ3) is 4.24. The first-order valence-corrected chi connectivity index (χ1v) is 5.73. The molecule has 0 radical (unpaired) electrons. The van der Waals surface area contributed by atoms with Gasteiger partial charge in [-0.05, 0) is 25.1 Å². The van der Waals surface area contributed by atoms with Crippen molar-refractivity contribution in [3.63, 3.8) is 0 Å². The van der Waals surface area contributed by atoms with Crippen LogP contribution in [0.5, 0.6) is 11.5 Å². The largest absolute Gasteiger partial charge is 0.497 e. The molecule has 96 valence electrons. The van der Waals surface area contributed by atoms with Crippen molar-refractivity contribution in [2.45, 2.75) is 26.0 Å². The fourth-order valence-electron chi connectivity index (χ4n) is 1.52. The smallest absolute Gasteiger partial charge is 0.124 e. The second-order valence-electron chi connectivity index (χ2n) is 3.89. The van der Waals surface area contributed by atoms with Crippen molar-refractivity contribution in [1.82, 2.24) is 0 Å². The number of nitrogens with two attached hydrogens (primary N) is 1. The van der Waals surface area contributed by atoms with Gasteiger partial charge in [-0.15, -0.1) is 0 Å². The molecule has 4 nitrogen and oxygen atoms in total. The van der Waals surface area contributed by atoms with E-state index in [9.17, 15) is 0 Å². The highest BCUT2D eigenvalue weighted by Gasteiger charge is 2.08. The summed E-state index contributed by atoms with van der Waals surface area (Å²) in [6.45, 7) is 3.14. The molecule has 0 aliphatic carbocycles. The Morgan fingerprint density at radius 3 is 2.65 bits per heavy atom. The lowest BCUT2D eigenvalue weighted by atomic mass is 10.2. The van der Waals surface area contributed by atoms with Gasteiger partial charge in [-0.1, -0.05) is 0 Å². The van der Waals surface area contributed by atoms with Crippen molar-refractivity contribution in [2.75, 3.05) is 20.8 Å². The molecule has 1 atom stereocenters. The van der Waals surface area contributed by atoms with Crippen molar-refractivity contribution in [1.29, 1.82) is 0 Å². The van der Waals surface area contributed by atoms with E-state index in [2.05, 4.69) is 0 Å². The highest BCUT2D eigenvalue weighted by molar-refractivity contribution is 5.40. The van der Waals surface area contributed by atoms with E-state index in [4.69, 9.17) is 19.9 Å². The van der Waals surface area contributed by atoms with E-state index in [1.165, 1.54) is 0 Å². The molecule has 1 unspecified atom stereocenters. The first kappa shape index (κ1) is 13.8. The molecule has 0 spiro atoms. The molecule has 1 aromatic carbocycles. The van der Waals surface area contributed by atoms with Gasteiger partial charge in [0.15, 0.2) is 0 Å². The summed E-state index contributed by atoms with van der Waals surface area (Å²) < 4.78 is 16.0. The van der Waals surface area contributed by atoms with E-state index in [-0.39, 0.29) is 6.10 Å². The average molecular weight is 239 g/mol. The highest BCUT2D eigenvalue weighted by Crippen LogP contribution is 2.25. The predicted molar refractivity (Wildman–Crippen MR) is 67.5 cm³/mol. The number of hydrogen-bond donors (Lipinski definition) is 1. The van der Waals surface area contributed by atoms with Crippen molar-refractivity contribution in [3.8, 4) is 11.5 Å². The molecule has 0 aliphatic heterocycles. The minimum absolute atomic E-state index is 0.105. The lowest BCUT2D eigenvalue weighted by Crippen LogP contribution is -2.15. The summed E-state index contributed by atoms with van der Waals surface area (Å²) in [4.78, 5) is 0. The van der Waals surface area contributed by atoms with Crippen LogP contribution in [-0.4, -0.2) is 26.9 Å². The Labute approximate surface area is 103 Å². The van der Waals surface area contributed by atoms with E-state index >= 15 is 0 Å². The Morgan fingerprint density at radius 2 is 2.06 bits per heavy atom. The zero-order valence-electron chi connectivity index (χ0n) is 10.7. The summed E-state index contributed by atoms with van der Waals surface area (Å²) in [5.41, 5.74) is 6.64. The van der Waals surface area contributed by atoms with Gasteiger partial charge in [-0.25, -0.2) is 0 Å². The van der Waals surface area contributed by atoms with Gasteiger partial charge in [0.1, 0.15) is 11.5 Å². The summed E-state index contributed by atoms with van der Waals surface area (Å²) in [7, 11) is 3.32. The SMILES string of the molecule is COCCC(C)Oc1ccc(OC)cc1CN. The van der Waals surface area contributed by atoms with Crippen LogP contribution >= 0.6 is 0 Å². The maximum atomic E-state index is 5.82. The topological polar surface area (TPSA) is 53.7 Å². The Morgan fingerprint density at radius 1 is 1.29 bits per heavy atom. The maximum absolute atomic E-state index is 5.82. The number of hydrogen-bond acceptors (Lipinski definition) is 4. The van der Waals surface area contributed by atoms with Crippen LogP contribution in [0.3, 0.4) is 0 Å². The van der Waals surface area contributed by atoms with Gasteiger partial charge in [0.05, 0.1) is 13.2 Å². The minimum atomic E-state index is 0.105. The normalized spacial score (nSPS) is 12.2. The third-order valence-electron chi connectivity index (χ3n) is 2.54. The molecule has 0 bridgehead atoms. The van der Waals surface area contributed by atoms with Crippen LogP contribution in [0.25, 0.3) is 0 Å². The minimum Gasteiger partial charge on any atom is -0.497 e. The van der Waals surface area contributed by atoms with Crippen molar-refractivity contribution >= 4 is 0 Å². The summed E-state index contributed by atoms with van der Waals surface area (Å²) >= 11 is 0. The molecule has 0 saturated heterocycles. The average Bonchev–Trinajstić information content (AvgIpc) is 2.36. The van der Waals surface area contributed by atoms with Gasteiger partial charge in [0.2, 0.25) is 0 Å². The van der Waals surface area contributed by atoms with Crippen molar-refractivity contribution < 1.29 is 14.2 Å². The monoisotopic (exact) mass is 239 g/mol. The van der Waals surface area contributed by atoms with E-state index in [1.807, 2.05) is 25.1 Å². The summed E-state index contributed by atoms with van der Waals surface area (Å²) in [6, 6.07) is 5.67. The van der Waals surface area contributed by atoms with E-state index in [0.29, 0.717) is 13.2 Å².